The second kappa shape index (κ2) is 7.70. The normalized spacial score (nSPS) is 15.3. The number of nitrogens with zero attached hydrogens (tertiary/aromatic N) is 1. The molecule has 0 spiro atoms. The Labute approximate surface area is 160 Å². The lowest BCUT2D eigenvalue weighted by molar-refractivity contribution is 0.0951. The molecule has 0 atom stereocenters. The maximum Gasteiger partial charge on any atom is 0.251 e. The van der Waals surface area contributed by atoms with Gasteiger partial charge in [0.05, 0.1) is 7.11 Å². The van der Waals surface area contributed by atoms with Gasteiger partial charge in [-0.2, -0.15) is 0 Å². The molecule has 0 aromatic heterocycles. The molecule has 4 rings (SSSR count). The van der Waals surface area contributed by atoms with Gasteiger partial charge in [0.15, 0.2) is 0 Å². The lowest BCUT2D eigenvalue weighted by Crippen LogP contribution is -2.26. The van der Waals surface area contributed by atoms with Crippen LogP contribution in [0.25, 0.3) is 0 Å². The first-order valence-electron chi connectivity index (χ1n) is 9.39. The number of ether oxygens (including phenoxy) is 1. The summed E-state index contributed by atoms with van der Waals surface area (Å²) in [5.74, 6) is 0.789. The van der Waals surface area contributed by atoms with Crippen LogP contribution >= 0.6 is 0 Å². The molecule has 2 aromatic rings. The fourth-order valence-corrected chi connectivity index (χ4v) is 3.55. The molecule has 2 aliphatic rings. The molecule has 27 heavy (non-hydrogen) atoms. The molecule has 1 heterocycles. The van der Waals surface area contributed by atoms with Gasteiger partial charge in [0.2, 0.25) is 0 Å². The first kappa shape index (κ1) is 17.4. The fourth-order valence-electron chi connectivity index (χ4n) is 3.55. The van der Waals surface area contributed by atoms with Gasteiger partial charge in [0.25, 0.3) is 5.91 Å². The average molecular weight is 360 g/mol. The summed E-state index contributed by atoms with van der Waals surface area (Å²) in [6.07, 6.45) is 8.40. The van der Waals surface area contributed by atoms with Crippen molar-refractivity contribution in [1.82, 2.24) is 10.2 Å². The molecule has 0 radical (unpaired) electrons. The van der Waals surface area contributed by atoms with E-state index in [0.717, 1.165) is 42.8 Å². The molecule has 0 saturated carbocycles. The Morgan fingerprint density at radius 2 is 1.81 bits per heavy atom. The van der Waals surface area contributed by atoms with E-state index in [1.54, 1.807) is 7.11 Å². The van der Waals surface area contributed by atoms with Gasteiger partial charge in [-0.3, -0.25) is 4.79 Å². The van der Waals surface area contributed by atoms with Crippen LogP contribution in [0.2, 0.25) is 0 Å². The summed E-state index contributed by atoms with van der Waals surface area (Å²) >= 11 is 0. The summed E-state index contributed by atoms with van der Waals surface area (Å²) in [6, 6.07) is 13.9. The third-order valence-electron chi connectivity index (χ3n) is 5.28. The SMILES string of the molecule is COc1ccc(CNC(=O)c2ccc3c(c2)CCN(C2=CC=C2)CC3)cc1. The Morgan fingerprint density at radius 3 is 2.48 bits per heavy atom. The average Bonchev–Trinajstić information content (AvgIpc) is 2.87. The van der Waals surface area contributed by atoms with E-state index in [2.05, 4.69) is 40.6 Å². The third kappa shape index (κ3) is 3.90. The highest BCUT2D eigenvalue weighted by atomic mass is 16.5. The monoisotopic (exact) mass is 360 g/mol. The number of hydrogen-bond donors (Lipinski definition) is 1. The van der Waals surface area contributed by atoms with Gasteiger partial charge in [-0.25, -0.2) is 0 Å². The summed E-state index contributed by atoms with van der Waals surface area (Å²) < 4.78 is 5.16. The molecule has 1 N–H and O–H groups in total. The highest BCUT2D eigenvalue weighted by Crippen LogP contribution is 2.22. The minimum Gasteiger partial charge on any atom is -0.497 e. The third-order valence-corrected chi connectivity index (χ3v) is 5.28. The van der Waals surface area contributed by atoms with Crippen molar-refractivity contribution in [2.75, 3.05) is 20.2 Å². The van der Waals surface area contributed by atoms with E-state index in [1.807, 2.05) is 30.3 Å². The minimum absolute atomic E-state index is 0.0284. The van der Waals surface area contributed by atoms with Crippen molar-refractivity contribution in [2.45, 2.75) is 19.4 Å². The number of benzene rings is 2. The first-order valence-corrected chi connectivity index (χ1v) is 9.39. The van der Waals surface area contributed by atoms with Crippen molar-refractivity contribution in [3.8, 4) is 5.75 Å². The predicted octanol–water partition coefficient (Wildman–Crippen LogP) is 3.48. The molecule has 0 bridgehead atoms. The second-order valence-corrected chi connectivity index (χ2v) is 6.95. The van der Waals surface area contributed by atoms with Gasteiger partial charge in [-0.15, -0.1) is 0 Å². The predicted molar refractivity (Wildman–Crippen MR) is 107 cm³/mol. The smallest absolute Gasteiger partial charge is 0.251 e. The number of carbonyl (C=O) groups excluding carboxylic acids is 1. The van der Waals surface area contributed by atoms with Crippen LogP contribution in [-0.2, 0) is 19.4 Å². The molecular weight excluding hydrogens is 336 g/mol. The van der Waals surface area contributed by atoms with E-state index in [1.165, 1.54) is 16.8 Å². The molecule has 4 nitrogen and oxygen atoms in total. The molecule has 138 valence electrons. The summed E-state index contributed by atoms with van der Waals surface area (Å²) in [7, 11) is 1.65. The Hall–Kier alpha value is -3.01. The zero-order valence-electron chi connectivity index (χ0n) is 15.6. The summed E-state index contributed by atoms with van der Waals surface area (Å²) in [5, 5.41) is 3.01. The molecule has 1 aliphatic carbocycles. The van der Waals surface area contributed by atoms with Gasteiger partial charge in [0, 0.05) is 30.9 Å². The Kier molecular flexibility index (Phi) is 4.97. The van der Waals surface area contributed by atoms with Crippen molar-refractivity contribution in [3.05, 3.63) is 88.6 Å². The Morgan fingerprint density at radius 1 is 1.07 bits per heavy atom. The van der Waals surface area contributed by atoms with Crippen LogP contribution < -0.4 is 10.1 Å². The zero-order chi connectivity index (χ0) is 18.6. The second-order valence-electron chi connectivity index (χ2n) is 6.95. The lowest BCUT2D eigenvalue weighted by Gasteiger charge is -2.26. The Bertz CT molecular complexity index is 897. The van der Waals surface area contributed by atoms with Crippen molar-refractivity contribution in [3.63, 3.8) is 0 Å². The fraction of sp³-hybridized carbons (Fsp3) is 0.261. The van der Waals surface area contributed by atoms with Gasteiger partial charge in [0.1, 0.15) is 5.75 Å². The number of nitrogens with one attached hydrogen (secondary N) is 1. The van der Waals surface area contributed by atoms with Crippen molar-refractivity contribution < 1.29 is 9.53 Å². The van der Waals surface area contributed by atoms with Crippen molar-refractivity contribution in [1.29, 1.82) is 0 Å². The summed E-state index contributed by atoms with van der Waals surface area (Å²) in [5.41, 5.74) is 5.75. The summed E-state index contributed by atoms with van der Waals surface area (Å²) in [6.45, 7) is 2.54. The highest BCUT2D eigenvalue weighted by Gasteiger charge is 2.17. The van der Waals surface area contributed by atoms with Crippen LogP contribution in [0.15, 0.2) is 66.4 Å². The quantitative estimate of drug-likeness (QED) is 0.888. The molecule has 1 aliphatic heterocycles. The molecule has 0 saturated heterocycles. The number of carbonyl (C=O) groups is 1. The van der Waals surface area contributed by atoms with E-state index >= 15 is 0 Å². The minimum atomic E-state index is -0.0284. The van der Waals surface area contributed by atoms with Gasteiger partial charge in [-0.05, 0) is 65.9 Å². The van der Waals surface area contributed by atoms with Crippen molar-refractivity contribution in [2.24, 2.45) is 0 Å². The van der Waals surface area contributed by atoms with E-state index in [0.29, 0.717) is 6.54 Å². The van der Waals surface area contributed by atoms with Gasteiger partial charge >= 0.3 is 0 Å². The van der Waals surface area contributed by atoms with E-state index < -0.39 is 0 Å². The number of rotatable bonds is 5. The molecule has 0 unspecified atom stereocenters. The number of methoxy groups -OCH3 is 1. The van der Waals surface area contributed by atoms with E-state index in [9.17, 15) is 4.79 Å². The number of hydrogen-bond acceptors (Lipinski definition) is 3. The Balaban J connectivity index is 1.39. The van der Waals surface area contributed by atoms with Crippen LogP contribution in [0.3, 0.4) is 0 Å². The molecule has 1 amide bonds. The van der Waals surface area contributed by atoms with E-state index in [4.69, 9.17) is 4.74 Å². The van der Waals surface area contributed by atoms with Crippen LogP contribution in [0, 0.1) is 0 Å². The van der Waals surface area contributed by atoms with E-state index in [-0.39, 0.29) is 5.91 Å². The number of amides is 1. The number of allylic oxidation sites excluding steroid dienone is 3. The van der Waals surface area contributed by atoms with Crippen molar-refractivity contribution >= 4 is 5.91 Å². The molecule has 4 heteroatoms. The lowest BCUT2D eigenvalue weighted by atomic mass is 10.00. The molecule has 2 aromatic carbocycles. The van der Waals surface area contributed by atoms with Crippen LogP contribution in [0.4, 0.5) is 0 Å². The molecular formula is C23H24N2O2. The first-order chi connectivity index (χ1) is 13.2. The largest absolute Gasteiger partial charge is 0.497 e. The standard InChI is InChI=1S/C23H24N2O2/c1-27-22-9-5-17(6-10-22)16-24-23(26)20-8-7-18-11-13-25(21-3-2-4-21)14-12-19(18)15-20/h2-10,15H,11-14,16H2,1H3,(H,24,26). The van der Waals surface area contributed by atoms with Crippen LogP contribution in [0.5, 0.6) is 5.75 Å². The van der Waals surface area contributed by atoms with Crippen LogP contribution in [-0.4, -0.2) is 31.0 Å². The number of fused-ring (bicyclic) bond motifs is 1. The van der Waals surface area contributed by atoms with Gasteiger partial charge in [-0.1, -0.05) is 24.3 Å². The maximum atomic E-state index is 12.6. The van der Waals surface area contributed by atoms with Gasteiger partial charge < -0.3 is 15.0 Å². The highest BCUT2D eigenvalue weighted by molar-refractivity contribution is 5.94. The molecule has 0 fully saturated rings. The topological polar surface area (TPSA) is 41.6 Å². The summed E-state index contributed by atoms with van der Waals surface area (Å²) in [4.78, 5) is 15.0. The zero-order valence-corrected chi connectivity index (χ0v) is 15.6. The van der Waals surface area contributed by atoms with Crippen LogP contribution in [0.1, 0.15) is 27.0 Å². The maximum absolute atomic E-state index is 12.6.